The summed E-state index contributed by atoms with van der Waals surface area (Å²) in [5, 5.41) is 6.45. The van der Waals surface area contributed by atoms with Gasteiger partial charge >= 0.3 is 0 Å². The van der Waals surface area contributed by atoms with Crippen molar-refractivity contribution in [2.24, 2.45) is 5.92 Å². The highest BCUT2D eigenvalue weighted by Gasteiger charge is 2.18. The Kier molecular flexibility index (Phi) is 4.97. The first-order chi connectivity index (χ1) is 9.15. The highest BCUT2D eigenvalue weighted by molar-refractivity contribution is 5.76. The normalized spacial score (nSPS) is 20.8. The van der Waals surface area contributed by atoms with Gasteiger partial charge in [0.2, 0.25) is 5.91 Å². The van der Waals surface area contributed by atoms with Gasteiger partial charge in [-0.2, -0.15) is 0 Å². The molecular weight excluding hydrogens is 236 g/mol. The molecular formula is C16H24N2O. The average molecular weight is 260 g/mol. The number of rotatable bonds is 4. The maximum atomic E-state index is 12.0. The van der Waals surface area contributed by atoms with Crippen molar-refractivity contribution in [3.63, 3.8) is 0 Å². The van der Waals surface area contributed by atoms with E-state index in [1.807, 2.05) is 6.92 Å². The van der Waals surface area contributed by atoms with Crippen LogP contribution in [0.5, 0.6) is 0 Å². The largest absolute Gasteiger partial charge is 0.350 e. The number of carbonyl (C=O) groups excluding carboxylic acids is 1. The summed E-state index contributed by atoms with van der Waals surface area (Å²) in [4.78, 5) is 12.0. The number of hydrogen-bond acceptors (Lipinski definition) is 2. The van der Waals surface area contributed by atoms with Gasteiger partial charge in [0.15, 0.2) is 0 Å². The highest BCUT2D eigenvalue weighted by Crippen LogP contribution is 2.16. The molecule has 2 atom stereocenters. The lowest BCUT2D eigenvalue weighted by Crippen LogP contribution is -2.35. The number of carbonyl (C=O) groups is 1. The minimum absolute atomic E-state index is 0.0876. The van der Waals surface area contributed by atoms with Crippen LogP contribution < -0.4 is 10.6 Å². The predicted molar refractivity (Wildman–Crippen MR) is 77.9 cm³/mol. The van der Waals surface area contributed by atoms with Crippen LogP contribution in [-0.4, -0.2) is 19.0 Å². The molecule has 2 N–H and O–H groups in total. The van der Waals surface area contributed by atoms with Gasteiger partial charge in [0.25, 0.3) is 0 Å². The number of hydrogen-bond donors (Lipinski definition) is 2. The zero-order valence-electron chi connectivity index (χ0n) is 11.9. The number of nitrogens with one attached hydrogen (secondary N) is 2. The van der Waals surface area contributed by atoms with Gasteiger partial charge in [0, 0.05) is 6.42 Å². The van der Waals surface area contributed by atoms with Crippen molar-refractivity contribution < 1.29 is 4.79 Å². The lowest BCUT2D eigenvalue weighted by Gasteiger charge is -2.23. The van der Waals surface area contributed by atoms with E-state index < -0.39 is 0 Å². The van der Waals surface area contributed by atoms with Crippen LogP contribution in [-0.2, 0) is 4.79 Å². The molecule has 19 heavy (non-hydrogen) atoms. The average Bonchev–Trinajstić information content (AvgIpc) is 2.40. The van der Waals surface area contributed by atoms with Crippen molar-refractivity contribution in [2.75, 3.05) is 13.1 Å². The van der Waals surface area contributed by atoms with Gasteiger partial charge in [-0.15, -0.1) is 0 Å². The standard InChI is InChI=1S/C16H24N2O/c1-12-5-7-15(8-6-12)13(2)18-16(19)10-14-4-3-9-17-11-14/h5-8,13-14,17H,3-4,9-11H2,1-2H3,(H,18,19). The van der Waals surface area contributed by atoms with Crippen LogP contribution in [0.1, 0.15) is 43.4 Å². The molecule has 1 aromatic carbocycles. The maximum absolute atomic E-state index is 12.0. The molecule has 1 heterocycles. The molecule has 1 aliphatic heterocycles. The molecule has 1 amide bonds. The molecule has 104 valence electrons. The number of benzene rings is 1. The summed E-state index contributed by atoms with van der Waals surface area (Å²) in [6, 6.07) is 8.43. The predicted octanol–water partition coefficient (Wildman–Crippen LogP) is 2.56. The van der Waals surface area contributed by atoms with Gasteiger partial charge in [0.05, 0.1) is 6.04 Å². The fourth-order valence-electron chi connectivity index (χ4n) is 2.60. The summed E-state index contributed by atoms with van der Waals surface area (Å²) >= 11 is 0. The van der Waals surface area contributed by atoms with Crippen molar-refractivity contribution in [1.82, 2.24) is 10.6 Å². The third-order valence-corrected chi connectivity index (χ3v) is 3.83. The van der Waals surface area contributed by atoms with Crippen LogP contribution in [0.2, 0.25) is 0 Å². The van der Waals surface area contributed by atoms with Gasteiger partial charge in [-0.05, 0) is 51.3 Å². The van der Waals surface area contributed by atoms with Crippen molar-refractivity contribution >= 4 is 5.91 Å². The fourth-order valence-corrected chi connectivity index (χ4v) is 2.60. The Labute approximate surface area is 115 Å². The van der Waals surface area contributed by atoms with E-state index in [2.05, 4.69) is 41.8 Å². The van der Waals surface area contributed by atoms with E-state index in [4.69, 9.17) is 0 Å². The van der Waals surface area contributed by atoms with E-state index >= 15 is 0 Å². The quantitative estimate of drug-likeness (QED) is 0.873. The van der Waals surface area contributed by atoms with Crippen LogP contribution in [0.15, 0.2) is 24.3 Å². The molecule has 1 fully saturated rings. The minimum Gasteiger partial charge on any atom is -0.350 e. The number of piperidine rings is 1. The Bertz CT molecular complexity index is 407. The molecule has 3 nitrogen and oxygen atoms in total. The van der Waals surface area contributed by atoms with Gasteiger partial charge in [-0.1, -0.05) is 29.8 Å². The lowest BCUT2D eigenvalue weighted by molar-refractivity contribution is -0.122. The zero-order valence-corrected chi connectivity index (χ0v) is 11.9. The first kappa shape index (κ1) is 14.1. The third-order valence-electron chi connectivity index (χ3n) is 3.83. The van der Waals surface area contributed by atoms with E-state index in [0.29, 0.717) is 12.3 Å². The molecule has 0 saturated carbocycles. The van der Waals surface area contributed by atoms with Gasteiger partial charge in [-0.3, -0.25) is 4.79 Å². The van der Waals surface area contributed by atoms with E-state index in [-0.39, 0.29) is 11.9 Å². The van der Waals surface area contributed by atoms with Gasteiger partial charge < -0.3 is 10.6 Å². The third kappa shape index (κ3) is 4.35. The molecule has 1 aliphatic rings. The van der Waals surface area contributed by atoms with Crippen molar-refractivity contribution in [1.29, 1.82) is 0 Å². The molecule has 2 rings (SSSR count). The summed E-state index contributed by atoms with van der Waals surface area (Å²) in [7, 11) is 0. The van der Waals surface area contributed by atoms with Gasteiger partial charge in [0.1, 0.15) is 0 Å². The fraction of sp³-hybridized carbons (Fsp3) is 0.562. The summed E-state index contributed by atoms with van der Waals surface area (Å²) in [6.07, 6.45) is 2.99. The maximum Gasteiger partial charge on any atom is 0.220 e. The van der Waals surface area contributed by atoms with Gasteiger partial charge in [-0.25, -0.2) is 0 Å². The second kappa shape index (κ2) is 6.71. The van der Waals surface area contributed by atoms with E-state index in [1.54, 1.807) is 0 Å². The molecule has 0 aromatic heterocycles. The molecule has 3 heteroatoms. The van der Waals surface area contributed by atoms with Crippen LogP contribution in [0.4, 0.5) is 0 Å². The summed E-state index contributed by atoms with van der Waals surface area (Å²) in [5.41, 5.74) is 2.41. The SMILES string of the molecule is Cc1ccc(C(C)NC(=O)CC2CCCNC2)cc1. The zero-order chi connectivity index (χ0) is 13.7. The van der Waals surface area contributed by atoms with Crippen LogP contribution in [0, 0.1) is 12.8 Å². The molecule has 2 unspecified atom stereocenters. The van der Waals surface area contributed by atoms with Crippen LogP contribution in [0.3, 0.4) is 0 Å². The summed E-state index contributed by atoms with van der Waals surface area (Å²) in [5.74, 6) is 0.667. The molecule has 0 bridgehead atoms. The minimum atomic E-state index is 0.0876. The van der Waals surface area contributed by atoms with E-state index in [9.17, 15) is 4.79 Å². The second-order valence-corrected chi connectivity index (χ2v) is 5.62. The molecule has 0 spiro atoms. The Morgan fingerprint density at radius 1 is 1.42 bits per heavy atom. The highest BCUT2D eigenvalue weighted by atomic mass is 16.1. The molecule has 0 aliphatic carbocycles. The first-order valence-electron chi connectivity index (χ1n) is 7.22. The first-order valence-corrected chi connectivity index (χ1v) is 7.22. The van der Waals surface area contributed by atoms with Crippen molar-refractivity contribution in [3.05, 3.63) is 35.4 Å². The summed E-state index contributed by atoms with van der Waals surface area (Å²) < 4.78 is 0. The Hall–Kier alpha value is -1.35. The van der Waals surface area contributed by atoms with Crippen molar-refractivity contribution in [2.45, 2.75) is 39.2 Å². The Balaban J connectivity index is 1.82. The van der Waals surface area contributed by atoms with Crippen LogP contribution in [0.25, 0.3) is 0 Å². The smallest absolute Gasteiger partial charge is 0.220 e. The Morgan fingerprint density at radius 3 is 2.79 bits per heavy atom. The number of amides is 1. The van der Waals surface area contributed by atoms with E-state index in [0.717, 1.165) is 13.1 Å². The molecule has 1 aromatic rings. The topological polar surface area (TPSA) is 41.1 Å². The lowest BCUT2D eigenvalue weighted by atomic mass is 9.95. The van der Waals surface area contributed by atoms with Crippen molar-refractivity contribution in [3.8, 4) is 0 Å². The second-order valence-electron chi connectivity index (χ2n) is 5.62. The Morgan fingerprint density at radius 2 is 2.16 bits per heavy atom. The number of aryl methyl sites for hydroxylation is 1. The van der Waals surface area contributed by atoms with Crippen LogP contribution >= 0.6 is 0 Å². The molecule has 0 radical (unpaired) electrons. The van der Waals surface area contributed by atoms with E-state index in [1.165, 1.54) is 24.0 Å². The molecule has 1 saturated heterocycles. The monoisotopic (exact) mass is 260 g/mol. The summed E-state index contributed by atoms with van der Waals surface area (Å²) in [6.45, 7) is 6.19.